The number of nitrogens with zero attached hydrogens (tertiary/aromatic N) is 1. The van der Waals surface area contributed by atoms with Crippen molar-refractivity contribution in [3.63, 3.8) is 0 Å². The summed E-state index contributed by atoms with van der Waals surface area (Å²) in [6, 6.07) is 17.0. The Labute approximate surface area is 164 Å². The van der Waals surface area contributed by atoms with Gasteiger partial charge in [0.2, 0.25) is 0 Å². The van der Waals surface area contributed by atoms with Crippen molar-refractivity contribution in [3.05, 3.63) is 64.7 Å². The Kier molecular flexibility index (Phi) is 5.23. The molecule has 3 atom stereocenters. The SMILES string of the molecule is C[C@@H](c1nc2ccccc2s1)[NH+](C)CC(=O)N[C@@H]1CCCc2ccccc21. The number of amides is 1. The third-order valence-corrected chi connectivity index (χ3v) is 6.78. The molecular formula is C22H26N3OS+. The number of benzene rings is 2. The fraction of sp³-hybridized carbons (Fsp3) is 0.364. The van der Waals surface area contributed by atoms with Gasteiger partial charge in [-0.15, -0.1) is 11.3 Å². The maximum Gasteiger partial charge on any atom is 0.275 e. The number of aryl methyl sites for hydroxylation is 1. The second-order valence-electron chi connectivity index (χ2n) is 7.48. The monoisotopic (exact) mass is 380 g/mol. The number of hydrogen-bond donors (Lipinski definition) is 2. The van der Waals surface area contributed by atoms with Crippen molar-refractivity contribution in [2.24, 2.45) is 0 Å². The van der Waals surface area contributed by atoms with Gasteiger partial charge in [0, 0.05) is 0 Å². The van der Waals surface area contributed by atoms with Crippen LogP contribution in [0.5, 0.6) is 0 Å². The first-order valence-electron chi connectivity index (χ1n) is 9.67. The maximum atomic E-state index is 12.7. The predicted molar refractivity (Wildman–Crippen MR) is 110 cm³/mol. The Morgan fingerprint density at radius 2 is 2.04 bits per heavy atom. The van der Waals surface area contributed by atoms with Crippen LogP contribution in [0.25, 0.3) is 10.2 Å². The first-order valence-corrected chi connectivity index (χ1v) is 10.5. The van der Waals surface area contributed by atoms with E-state index in [1.807, 2.05) is 18.2 Å². The molecule has 0 saturated heterocycles. The van der Waals surface area contributed by atoms with E-state index < -0.39 is 0 Å². The Hall–Kier alpha value is -2.24. The molecule has 1 aromatic heterocycles. The van der Waals surface area contributed by atoms with Gasteiger partial charge in [-0.05, 0) is 49.4 Å². The van der Waals surface area contributed by atoms with Gasteiger partial charge in [-0.25, -0.2) is 4.98 Å². The molecule has 0 radical (unpaired) electrons. The molecule has 1 amide bonds. The average molecular weight is 381 g/mol. The van der Waals surface area contributed by atoms with Crippen molar-refractivity contribution in [1.29, 1.82) is 0 Å². The van der Waals surface area contributed by atoms with Gasteiger partial charge in [-0.1, -0.05) is 36.4 Å². The zero-order valence-corrected chi connectivity index (χ0v) is 16.7. The van der Waals surface area contributed by atoms with Crippen molar-refractivity contribution in [2.75, 3.05) is 13.6 Å². The van der Waals surface area contributed by atoms with E-state index in [1.165, 1.54) is 15.8 Å². The van der Waals surface area contributed by atoms with E-state index in [9.17, 15) is 4.79 Å². The molecule has 2 aromatic carbocycles. The lowest BCUT2D eigenvalue weighted by molar-refractivity contribution is -0.902. The van der Waals surface area contributed by atoms with Crippen molar-refractivity contribution >= 4 is 27.5 Å². The first-order chi connectivity index (χ1) is 13.1. The molecule has 1 unspecified atom stereocenters. The lowest BCUT2D eigenvalue weighted by atomic mass is 9.88. The molecule has 0 aliphatic heterocycles. The van der Waals surface area contributed by atoms with Crippen LogP contribution in [0.15, 0.2) is 48.5 Å². The summed E-state index contributed by atoms with van der Waals surface area (Å²) in [6.07, 6.45) is 3.27. The molecule has 1 aliphatic carbocycles. The number of rotatable bonds is 5. The standard InChI is InChI=1S/C22H25N3OS/c1-15(22-24-19-11-5-6-13-20(19)27-22)25(2)14-21(26)23-18-12-7-9-16-8-3-4-10-17(16)18/h3-6,8,10-11,13,15,18H,7,9,12,14H2,1-2H3,(H,23,26)/p+1/t15-,18+/m0/s1. The smallest absolute Gasteiger partial charge is 0.275 e. The fourth-order valence-corrected chi connectivity index (χ4v) is 4.95. The number of carbonyl (C=O) groups excluding carboxylic acids is 1. The minimum atomic E-state index is 0.113. The van der Waals surface area contributed by atoms with Crippen LogP contribution < -0.4 is 10.2 Å². The van der Waals surface area contributed by atoms with Crippen LogP contribution in [0.1, 0.15) is 48.0 Å². The van der Waals surface area contributed by atoms with Crippen LogP contribution in [0.4, 0.5) is 0 Å². The maximum absolute atomic E-state index is 12.7. The van der Waals surface area contributed by atoms with E-state index in [0.717, 1.165) is 34.7 Å². The zero-order valence-electron chi connectivity index (χ0n) is 15.9. The van der Waals surface area contributed by atoms with Crippen LogP contribution in [0.3, 0.4) is 0 Å². The van der Waals surface area contributed by atoms with Gasteiger partial charge in [0.25, 0.3) is 5.91 Å². The summed E-state index contributed by atoms with van der Waals surface area (Å²) in [5, 5.41) is 4.35. The average Bonchev–Trinajstić information content (AvgIpc) is 3.11. The summed E-state index contributed by atoms with van der Waals surface area (Å²) in [7, 11) is 2.07. The van der Waals surface area contributed by atoms with Crippen molar-refractivity contribution in [1.82, 2.24) is 10.3 Å². The number of thiazole rings is 1. The van der Waals surface area contributed by atoms with Crippen LogP contribution in [0, 0.1) is 0 Å². The summed E-state index contributed by atoms with van der Waals surface area (Å²) in [5.74, 6) is 0.113. The number of para-hydroxylation sites is 1. The highest BCUT2D eigenvalue weighted by molar-refractivity contribution is 7.18. The molecule has 0 saturated carbocycles. The zero-order chi connectivity index (χ0) is 18.8. The molecule has 4 rings (SSSR count). The van der Waals surface area contributed by atoms with Gasteiger partial charge in [0.05, 0.1) is 23.3 Å². The molecular weight excluding hydrogens is 354 g/mol. The highest BCUT2D eigenvalue weighted by Gasteiger charge is 2.25. The molecule has 0 fully saturated rings. The van der Waals surface area contributed by atoms with Crippen LogP contribution in [0.2, 0.25) is 0 Å². The molecule has 1 aliphatic rings. The van der Waals surface area contributed by atoms with Gasteiger partial charge in [-0.2, -0.15) is 0 Å². The molecule has 5 heteroatoms. The minimum Gasteiger partial charge on any atom is -0.344 e. The second-order valence-corrected chi connectivity index (χ2v) is 8.54. The Morgan fingerprint density at radius 1 is 1.26 bits per heavy atom. The quantitative estimate of drug-likeness (QED) is 0.715. The molecule has 27 heavy (non-hydrogen) atoms. The number of fused-ring (bicyclic) bond motifs is 2. The molecule has 2 N–H and O–H groups in total. The van der Waals surface area contributed by atoms with Gasteiger partial charge in [0.1, 0.15) is 6.04 Å². The van der Waals surface area contributed by atoms with E-state index in [2.05, 4.69) is 49.6 Å². The topological polar surface area (TPSA) is 46.4 Å². The van der Waals surface area contributed by atoms with E-state index >= 15 is 0 Å². The van der Waals surface area contributed by atoms with Crippen molar-refractivity contribution in [2.45, 2.75) is 38.3 Å². The number of quaternary nitrogens is 1. The summed E-state index contributed by atoms with van der Waals surface area (Å²) in [5.41, 5.74) is 3.70. The first kappa shape index (κ1) is 18.1. The number of hydrogen-bond acceptors (Lipinski definition) is 3. The lowest BCUT2D eigenvalue weighted by Crippen LogP contribution is -3.10. The van der Waals surface area contributed by atoms with E-state index in [1.54, 1.807) is 11.3 Å². The van der Waals surface area contributed by atoms with Gasteiger partial charge >= 0.3 is 0 Å². The minimum absolute atomic E-state index is 0.113. The number of aromatic nitrogens is 1. The Bertz CT molecular complexity index is 918. The highest BCUT2D eigenvalue weighted by atomic mass is 32.1. The lowest BCUT2D eigenvalue weighted by Gasteiger charge is -2.27. The third kappa shape index (κ3) is 3.89. The second kappa shape index (κ2) is 7.79. The van der Waals surface area contributed by atoms with Gasteiger partial charge in [-0.3, -0.25) is 4.79 Å². The molecule has 140 valence electrons. The van der Waals surface area contributed by atoms with Crippen LogP contribution >= 0.6 is 11.3 Å². The van der Waals surface area contributed by atoms with Crippen LogP contribution in [-0.4, -0.2) is 24.5 Å². The van der Waals surface area contributed by atoms with E-state index in [-0.39, 0.29) is 18.0 Å². The molecule has 1 heterocycles. The summed E-state index contributed by atoms with van der Waals surface area (Å²) in [6.45, 7) is 2.60. The number of nitrogens with one attached hydrogen (secondary N) is 2. The molecule has 0 bridgehead atoms. The fourth-order valence-electron chi connectivity index (χ4n) is 3.84. The predicted octanol–water partition coefficient (Wildman–Crippen LogP) is 3.07. The molecule has 0 spiro atoms. The number of carbonyl (C=O) groups is 1. The van der Waals surface area contributed by atoms with Gasteiger partial charge < -0.3 is 10.2 Å². The third-order valence-electron chi connectivity index (χ3n) is 5.56. The van der Waals surface area contributed by atoms with Crippen molar-refractivity contribution < 1.29 is 9.69 Å². The van der Waals surface area contributed by atoms with Crippen molar-refractivity contribution in [3.8, 4) is 0 Å². The highest BCUT2D eigenvalue weighted by Crippen LogP contribution is 2.29. The normalized spacial score (nSPS) is 18.7. The summed E-state index contributed by atoms with van der Waals surface area (Å²) < 4.78 is 1.20. The van der Waals surface area contributed by atoms with E-state index in [4.69, 9.17) is 4.98 Å². The molecule has 4 nitrogen and oxygen atoms in total. The van der Waals surface area contributed by atoms with Gasteiger partial charge in [0.15, 0.2) is 11.6 Å². The Balaban J connectivity index is 1.40. The van der Waals surface area contributed by atoms with E-state index in [0.29, 0.717) is 6.54 Å². The summed E-state index contributed by atoms with van der Waals surface area (Å²) >= 11 is 1.72. The number of likely N-dealkylation sites (N-methyl/N-ethyl adjacent to an activating group) is 1. The largest absolute Gasteiger partial charge is 0.344 e. The Morgan fingerprint density at radius 3 is 2.89 bits per heavy atom. The molecule has 3 aromatic rings. The summed E-state index contributed by atoms with van der Waals surface area (Å²) in [4.78, 5) is 18.6. The van der Waals surface area contributed by atoms with Crippen LogP contribution in [-0.2, 0) is 11.2 Å².